The number of fused-ring (bicyclic) bond motifs is 2. The number of benzene rings is 2. The fraction of sp³-hybridized carbons (Fsp3) is 0.360. The highest BCUT2D eigenvalue weighted by atomic mass is 16.5. The summed E-state index contributed by atoms with van der Waals surface area (Å²) in [4.78, 5) is 28.6. The monoisotopic (exact) mass is 404 g/mol. The molecule has 0 saturated carbocycles. The molecule has 0 spiro atoms. The summed E-state index contributed by atoms with van der Waals surface area (Å²) >= 11 is 0. The van der Waals surface area contributed by atoms with Gasteiger partial charge >= 0.3 is 0 Å². The minimum absolute atomic E-state index is 0.0287. The van der Waals surface area contributed by atoms with Gasteiger partial charge in [0.1, 0.15) is 11.5 Å². The van der Waals surface area contributed by atoms with Gasteiger partial charge in [-0.2, -0.15) is 0 Å². The van der Waals surface area contributed by atoms with Gasteiger partial charge in [-0.1, -0.05) is 57.2 Å². The van der Waals surface area contributed by atoms with E-state index in [1.54, 1.807) is 12.0 Å². The summed E-state index contributed by atoms with van der Waals surface area (Å²) in [5, 5.41) is 3.50. The highest BCUT2D eigenvalue weighted by molar-refractivity contribution is 6.01. The Hall–Kier alpha value is -3.08. The van der Waals surface area contributed by atoms with Crippen LogP contribution >= 0.6 is 0 Å². The Balaban J connectivity index is 2.03. The summed E-state index contributed by atoms with van der Waals surface area (Å²) in [6.07, 6.45) is 2.92. The number of allylic oxidation sites excluding steroid dienone is 1. The molecule has 2 unspecified atom stereocenters. The fourth-order valence-electron chi connectivity index (χ4n) is 4.69. The van der Waals surface area contributed by atoms with Crippen molar-refractivity contribution in [2.45, 2.75) is 39.7 Å². The van der Waals surface area contributed by atoms with Crippen LogP contribution in [0.2, 0.25) is 0 Å². The van der Waals surface area contributed by atoms with E-state index in [2.05, 4.69) is 25.2 Å². The normalized spacial score (nSPS) is 22.2. The molecule has 30 heavy (non-hydrogen) atoms. The van der Waals surface area contributed by atoms with Crippen molar-refractivity contribution in [1.29, 1.82) is 0 Å². The fourth-order valence-corrected chi connectivity index (χ4v) is 4.69. The number of methoxy groups -OCH3 is 1. The van der Waals surface area contributed by atoms with Crippen molar-refractivity contribution in [3.05, 3.63) is 65.9 Å². The van der Waals surface area contributed by atoms with Crippen molar-refractivity contribution in [3.63, 3.8) is 0 Å². The summed E-state index contributed by atoms with van der Waals surface area (Å²) in [6.45, 7) is 5.99. The van der Waals surface area contributed by atoms with Gasteiger partial charge in [0.05, 0.1) is 30.4 Å². The van der Waals surface area contributed by atoms with Crippen molar-refractivity contribution in [2.75, 3.05) is 17.3 Å². The number of hydrogen-bond donors (Lipinski definition) is 1. The molecule has 5 nitrogen and oxygen atoms in total. The van der Waals surface area contributed by atoms with E-state index in [4.69, 9.17) is 4.74 Å². The molecule has 2 aromatic rings. The highest BCUT2D eigenvalue weighted by Gasteiger charge is 2.46. The van der Waals surface area contributed by atoms with Crippen molar-refractivity contribution >= 4 is 23.1 Å². The molecule has 156 valence electrons. The number of ketones is 1. The van der Waals surface area contributed by atoms with Crippen LogP contribution in [-0.2, 0) is 9.59 Å². The van der Waals surface area contributed by atoms with E-state index in [0.717, 1.165) is 22.6 Å². The molecule has 0 fully saturated rings. The van der Waals surface area contributed by atoms with E-state index < -0.39 is 12.0 Å². The first-order chi connectivity index (χ1) is 14.4. The zero-order chi connectivity index (χ0) is 21.5. The smallest absolute Gasteiger partial charge is 0.227 e. The molecule has 0 radical (unpaired) electrons. The Morgan fingerprint density at radius 3 is 2.60 bits per heavy atom. The van der Waals surface area contributed by atoms with Gasteiger partial charge in [-0.05, 0) is 23.6 Å². The van der Waals surface area contributed by atoms with Crippen LogP contribution in [0.15, 0.2) is 60.3 Å². The van der Waals surface area contributed by atoms with Crippen LogP contribution in [0.4, 0.5) is 11.4 Å². The molecular weight excluding hydrogens is 376 g/mol. The average molecular weight is 405 g/mol. The predicted molar refractivity (Wildman–Crippen MR) is 119 cm³/mol. The van der Waals surface area contributed by atoms with Crippen LogP contribution < -0.4 is 15.0 Å². The van der Waals surface area contributed by atoms with Crippen LogP contribution in [0.25, 0.3) is 0 Å². The minimum atomic E-state index is -0.489. The van der Waals surface area contributed by atoms with Gasteiger partial charge in [0, 0.05) is 24.1 Å². The van der Waals surface area contributed by atoms with Gasteiger partial charge in [-0.3, -0.25) is 9.59 Å². The number of hydrogen-bond acceptors (Lipinski definition) is 4. The number of para-hydroxylation sites is 3. The van der Waals surface area contributed by atoms with Crippen molar-refractivity contribution in [1.82, 2.24) is 0 Å². The molecule has 0 aromatic heterocycles. The summed E-state index contributed by atoms with van der Waals surface area (Å²) in [5.74, 6) is 0.284. The van der Waals surface area contributed by atoms with Gasteiger partial charge in [-0.25, -0.2) is 0 Å². The Morgan fingerprint density at radius 2 is 1.87 bits per heavy atom. The molecule has 0 saturated heterocycles. The molecule has 1 heterocycles. The lowest BCUT2D eigenvalue weighted by atomic mass is 9.72. The Morgan fingerprint density at radius 1 is 1.17 bits per heavy atom. The quantitative estimate of drug-likeness (QED) is 0.773. The van der Waals surface area contributed by atoms with E-state index in [-0.39, 0.29) is 17.1 Å². The van der Waals surface area contributed by atoms with E-state index in [1.807, 2.05) is 55.5 Å². The molecule has 1 N–H and O–H groups in total. The van der Waals surface area contributed by atoms with E-state index in [9.17, 15) is 9.59 Å². The van der Waals surface area contributed by atoms with Crippen LogP contribution in [-0.4, -0.2) is 18.8 Å². The standard InChI is InChI=1S/C25H28N2O3/c1-5-22(29)27-19-12-8-7-11-17(19)26-18-14-25(2,3)15-20(28)23(18)24(27)16-10-6-9-13-21(16)30-4/h6-14,23-24,26H,5,15H2,1-4H3. The topological polar surface area (TPSA) is 58.6 Å². The molecule has 2 aromatic carbocycles. The first-order valence-electron chi connectivity index (χ1n) is 10.4. The lowest BCUT2D eigenvalue weighted by Crippen LogP contribution is -2.43. The third-order valence-corrected chi connectivity index (χ3v) is 5.92. The molecule has 1 aliphatic heterocycles. The first kappa shape index (κ1) is 20.2. The molecule has 0 bridgehead atoms. The number of Topliss-reactive ketones (excluding diaryl/α,β-unsaturated/α-hetero) is 1. The van der Waals surface area contributed by atoms with Gasteiger partial charge < -0.3 is 15.0 Å². The van der Waals surface area contributed by atoms with Crippen LogP contribution in [0.1, 0.15) is 45.2 Å². The number of nitrogens with zero attached hydrogens (tertiary/aromatic N) is 1. The zero-order valence-electron chi connectivity index (χ0n) is 17.9. The Bertz CT molecular complexity index is 1020. The van der Waals surface area contributed by atoms with Gasteiger partial charge in [0.15, 0.2) is 0 Å². The predicted octanol–water partition coefficient (Wildman–Crippen LogP) is 5.10. The third-order valence-electron chi connectivity index (χ3n) is 5.92. The van der Waals surface area contributed by atoms with Gasteiger partial charge in [0.2, 0.25) is 5.91 Å². The molecule has 1 aliphatic carbocycles. The van der Waals surface area contributed by atoms with Crippen LogP contribution in [0.3, 0.4) is 0 Å². The van der Waals surface area contributed by atoms with E-state index in [1.165, 1.54) is 0 Å². The number of anilines is 2. The number of ether oxygens (including phenoxy) is 1. The lowest BCUT2D eigenvalue weighted by molar-refractivity contribution is -0.125. The first-order valence-corrected chi connectivity index (χ1v) is 10.4. The van der Waals surface area contributed by atoms with Crippen LogP contribution in [0.5, 0.6) is 5.75 Å². The number of carbonyl (C=O) groups is 2. The third kappa shape index (κ3) is 3.38. The second kappa shape index (κ2) is 7.63. The zero-order valence-corrected chi connectivity index (χ0v) is 17.9. The molecule has 1 amide bonds. The Kier molecular flexibility index (Phi) is 5.14. The maximum Gasteiger partial charge on any atom is 0.227 e. The molecular formula is C25H28N2O3. The van der Waals surface area contributed by atoms with E-state index >= 15 is 0 Å². The van der Waals surface area contributed by atoms with E-state index in [0.29, 0.717) is 18.6 Å². The number of nitrogens with one attached hydrogen (secondary N) is 1. The van der Waals surface area contributed by atoms with Crippen molar-refractivity contribution in [3.8, 4) is 5.75 Å². The Labute approximate surface area is 177 Å². The summed E-state index contributed by atoms with van der Waals surface area (Å²) in [6, 6.07) is 14.9. The maximum absolute atomic E-state index is 13.5. The summed E-state index contributed by atoms with van der Waals surface area (Å²) in [5.41, 5.74) is 3.05. The average Bonchev–Trinajstić information content (AvgIpc) is 2.86. The largest absolute Gasteiger partial charge is 0.496 e. The number of rotatable bonds is 3. The van der Waals surface area contributed by atoms with Crippen molar-refractivity contribution < 1.29 is 14.3 Å². The van der Waals surface area contributed by atoms with Crippen molar-refractivity contribution in [2.24, 2.45) is 11.3 Å². The highest BCUT2D eigenvalue weighted by Crippen LogP contribution is 2.50. The molecule has 5 heteroatoms. The van der Waals surface area contributed by atoms with Crippen LogP contribution in [0, 0.1) is 11.3 Å². The summed E-state index contributed by atoms with van der Waals surface area (Å²) in [7, 11) is 1.62. The minimum Gasteiger partial charge on any atom is -0.496 e. The second-order valence-electron chi connectivity index (χ2n) is 8.66. The summed E-state index contributed by atoms with van der Waals surface area (Å²) < 4.78 is 5.66. The number of carbonyl (C=O) groups excluding carboxylic acids is 2. The van der Waals surface area contributed by atoms with Gasteiger partial charge in [0.25, 0.3) is 0 Å². The molecule has 2 atom stereocenters. The lowest BCUT2D eigenvalue weighted by Gasteiger charge is -2.39. The SMILES string of the molecule is CCC(=O)N1c2ccccc2NC2=CC(C)(C)CC(=O)C2C1c1ccccc1OC. The molecule has 4 rings (SSSR count). The number of amides is 1. The second-order valence-corrected chi connectivity index (χ2v) is 8.66. The maximum atomic E-state index is 13.5. The van der Waals surface area contributed by atoms with Gasteiger partial charge in [-0.15, -0.1) is 0 Å². The molecule has 2 aliphatic rings.